The Kier molecular flexibility index (Phi) is 8.50. The van der Waals surface area contributed by atoms with Crippen LogP contribution in [0.2, 0.25) is 5.02 Å². The molecule has 1 aromatic carbocycles. The molecule has 0 aromatic heterocycles. The summed E-state index contributed by atoms with van der Waals surface area (Å²) in [4.78, 5) is 0. The summed E-state index contributed by atoms with van der Waals surface area (Å²) >= 11 is 6.14. The maximum Gasteiger partial charge on any atom is 0.165 e. The van der Waals surface area contributed by atoms with Crippen LogP contribution in [0.1, 0.15) is 26.3 Å². The minimum Gasteiger partial charge on any atom is -0.493 e. The Bertz CT molecular complexity index is 424. The van der Waals surface area contributed by atoms with E-state index in [2.05, 4.69) is 19.2 Å². The van der Waals surface area contributed by atoms with Crippen LogP contribution in [0.5, 0.6) is 11.5 Å². The van der Waals surface area contributed by atoms with Gasteiger partial charge in [-0.05, 0) is 25.5 Å². The van der Waals surface area contributed by atoms with Gasteiger partial charge in [-0.3, -0.25) is 0 Å². The summed E-state index contributed by atoms with van der Waals surface area (Å²) in [5, 5.41) is 4.04. The van der Waals surface area contributed by atoms with Crippen LogP contribution < -0.4 is 14.8 Å². The maximum atomic E-state index is 6.14. The third-order valence-electron chi connectivity index (χ3n) is 2.86. The van der Waals surface area contributed by atoms with Crippen molar-refractivity contribution in [2.24, 2.45) is 5.92 Å². The van der Waals surface area contributed by atoms with Crippen molar-refractivity contribution in [3.05, 3.63) is 22.7 Å². The molecule has 120 valence electrons. The van der Waals surface area contributed by atoms with Crippen LogP contribution in [-0.2, 0) is 11.3 Å². The van der Waals surface area contributed by atoms with E-state index < -0.39 is 0 Å². The number of hydrogen-bond donors (Lipinski definition) is 1. The molecule has 0 spiro atoms. The first-order chi connectivity index (χ1) is 10.1. The van der Waals surface area contributed by atoms with E-state index >= 15 is 0 Å². The number of methoxy groups -OCH3 is 1. The summed E-state index contributed by atoms with van der Waals surface area (Å²) in [6, 6.07) is 3.68. The Morgan fingerprint density at radius 2 is 2.00 bits per heavy atom. The topological polar surface area (TPSA) is 39.7 Å². The highest BCUT2D eigenvalue weighted by atomic mass is 35.5. The van der Waals surface area contributed by atoms with E-state index in [0.29, 0.717) is 43.1 Å². The Morgan fingerprint density at radius 3 is 2.62 bits per heavy atom. The number of hydrogen-bond acceptors (Lipinski definition) is 4. The summed E-state index contributed by atoms with van der Waals surface area (Å²) < 4.78 is 16.5. The molecule has 0 aliphatic heterocycles. The van der Waals surface area contributed by atoms with Crippen LogP contribution in [-0.4, -0.2) is 33.5 Å². The lowest BCUT2D eigenvalue weighted by Gasteiger charge is -2.17. The predicted molar refractivity (Wildman–Crippen MR) is 86.5 cm³/mol. The van der Waals surface area contributed by atoms with Gasteiger partial charge in [0, 0.05) is 29.8 Å². The van der Waals surface area contributed by atoms with Crippen molar-refractivity contribution in [3.63, 3.8) is 0 Å². The van der Waals surface area contributed by atoms with Crippen LogP contribution in [0.15, 0.2) is 12.1 Å². The highest BCUT2D eigenvalue weighted by Crippen LogP contribution is 2.34. The third kappa shape index (κ3) is 6.55. The first kappa shape index (κ1) is 18.1. The monoisotopic (exact) mass is 315 g/mol. The number of halogens is 1. The van der Waals surface area contributed by atoms with Gasteiger partial charge in [0.15, 0.2) is 11.5 Å². The van der Waals surface area contributed by atoms with Gasteiger partial charge in [-0.15, -0.1) is 0 Å². The molecule has 0 radical (unpaired) electrons. The molecule has 0 fully saturated rings. The molecule has 1 rings (SSSR count). The smallest absolute Gasteiger partial charge is 0.165 e. The zero-order valence-corrected chi connectivity index (χ0v) is 14.1. The second-order valence-electron chi connectivity index (χ2n) is 5.17. The molecular weight excluding hydrogens is 290 g/mol. The summed E-state index contributed by atoms with van der Waals surface area (Å²) in [5.74, 6) is 1.98. The molecule has 0 unspecified atom stereocenters. The van der Waals surface area contributed by atoms with Gasteiger partial charge in [0.1, 0.15) is 6.61 Å². The number of nitrogens with one attached hydrogen (secondary N) is 1. The standard InChI is InChI=1S/C16H26ClNO3/c1-5-20-6-7-21-16-13(11-18-10-12(2)3)8-14(17)9-15(16)19-4/h8-9,12,18H,5-7,10-11H2,1-4H3. The minimum atomic E-state index is 0.489. The van der Waals surface area contributed by atoms with Gasteiger partial charge in [0.05, 0.1) is 13.7 Å². The predicted octanol–water partition coefficient (Wildman–Crippen LogP) is 3.51. The third-order valence-corrected chi connectivity index (χ3v) is 3.08. The molecule has 21 heavy (non-hydrogen) atoms. The van der Waals surface area contributed by atoms with Gasteiger partial charge in [0.25, 0.3) is 0 Å². The molecule has 0 aliphatic rings. The summed E-state index contributed by atoms with van der Waals surface area (Å²) in [6.45, 7) is 9.67. The first-order valence-corrected chi connectivity index (χ1v) is 7.73. The first-order valence-electron chi connectivity index (χ1n) is 7.36. The fourth-order valence-corrected chi connectivity index (χ4v) is 2.14. The Balaban J connectivity index is 2.78. The van der Waals surface area contributed by atoms with Crippen molar-refractivity contribution in [2.75, 3.05) is 33.5 Å². The Hall–Kier alpha value is -0.970. The molecule has 0 bridgehead atoms. The van der Waals surface area contributed by atoms with Crippen molar-refractivity contribution in [3.8, 4) is 11.5 Å². The maximum absolute atomic E-state index is 6.14. The van der Waals surface area contributed by atoms with E-state index in [1.165, 1.54) is 0 Å². The molecule has 0 aliphatic carbocycles. The molecule has 1 aromatic rings. The van der Waals surface area contributed by atoms with Crippen molar-refractivity contribution in [1.82, 2.24) is 5.32 Å². The highest BCUT2D eigenvalue weighted by Gasteiger charge is 2.13. The van der Waals surface area contributed by atoms with Crippen LogP contribution in [0, 0.1) is 5.92 Å². The van der Waals surface area contributed by atoms with Gasteiger partial charge < -0.3 is 19.5 Å². The number of benzene rings is 1. The molecule has 5 heteroatoms. The number of rotatable bonds is 10. The lowest BCUT2D eigenvalue weighted by atomic mass is 10.1. The normalized spacial score (nSPS) is 11.0. The Labute approximate surface area is 132 Å². The van der Waals surface area contributed by atoms with Crippen LogP contribution in [0.4, 0.5) is 0 Å². The second-order valence-corrected chi connectivity index (χ2v) is 5.60. The average Bonchev–Trinajstić information content (AvgIpc) is 2.44. The van der Waals surface area contributed by atoms with E-state index in [9.17, 15) is 0 Å². The van der Waals surface area contributed by atoms with E-state index in [-0.39, 0.29) is 0 Å². The van der Waals surface area contributed by atoms with Gasteiger partial charge in [-0.2, -0.15) is 0 Å². The fraction of sp³-hybridized carbons (Fsp3) is 0.625. The Morgan fingerprint density at radius 1 is 1.24 bits per heavy atom. The number of ether oxygens (including phenoxy) is 3. The van der Waals surface area contributed by atoms with Crippen molar-refractivity contribution in [2.45, 2.75) is 27.3 Å². The lowest BCUT2D eigenvalue weighted by molar-refractivity contribution is 0.108. The van der Waals surface area contributed by atoms with Crippen molar-refractivity contribution < 1.29 is 14.2 Å². The molecule has 0 saturated carbocycles. The minimum absolute atomic E-state index is 0.489. The van der Waals surface area contributed by atoms with Gasteiger partial charge in [-0.25, -0.2) is 0 Å². The SMILES string of the molecule is CCOCCOc1c(CNCC(C)C)cc(Cl)cc1OC. The summed E-state index contributed by atoms with van der Waals surface area (Å²) in [7, 11) is 1.62. The molecule has 0 atom stereocenters. The molecule has 0 amide bonds. The molecule has 0 heterocycles. The van der Waals surface area contributed by atoms with E-state index in [0.717, 1.165) is 17.9 Å². The van der Waals surface area contributed by atoms with Crippen molar-refractivity contribution >= 4 is 11.6 Å². The van der Waals surface area contributed by atoms with Gasteiger partial charge in [-0.1, -0.05) is 25.4 Å². The summed E-state index contributed by atoms with van der Waals surface area (Å²) in [6.07, 6.45) is 0. The van der Waals surface area contributed by atoms with Gasteiger partial charge >= 0.3 is 0 Å². The van der Waals surface area contributed by atoms with E-state index in [1.807, 2.05) is 13.0 Å². The van der Waals surface area contributed by atoms with Crippen LogP contribution >= 0.6 is 11.6 Å². The fourth-order valence-electron chi connectivity index (χ4n) is 1.91. The van der Waals surface area contributed by atoms with Crippen molar-refractivity contribution in [1.29, 1.82) is 0 Å². The second kappa shape index (κ2) is 9.87. The molecule has 4 nitrogen and oxygen atoms in total. The van der Waals surface area contributed by atoms with Crippen LogP contribution in [0.3, 0.4) is 0 Å². The molecule has 0 saturated heterocycles. The average molecular weight is 316 g/mol. The largest absolute Gasteiger partial charge is 0.493 e. The zero-order chi connectivity index (χ0) is 15.7. The molecule has 1 N–H and O–H groups in total. The lowest BCUT2D eigenvalue weighted by Crippen LogP contribution is -2.20. The highest BCUT2D eigenvalue weighted by molar-refractivity contribution is 6.30. The molecular formula is C16H26ClNO3. The zero-order valence-electron chi connectivity index (χ0n) is 13.4. The van der Waals surface area contributed by atoms with E-state index in [1.54, 1.807) is 13.2 Å². The van der Waals surface area contributed by atoms with Crippen LogP contribution in [0.25, 0.3) is 0 Å². The quantitative estimate of drug-likeness (QED) is 0.671. The summed E-state index contributed by atoms with van der Waals surface area (Å²) in [5.41, 5.74) is 0.997. The van der Waals surface area contributed by atoms with E-state index in [4.69, 9.17) is 25.8 Å². The van der Waals surface area contributed by atoms with Gasteiger partial charge in [0.2, 0.25) is 0 Å².